The van der Waals surface area contributed by atoms with E-state index in [1.54, 1.807) is 0 Å². The lowest BCUT2D eigenvalue weighted by Crippen LogP contribution is -2.03. The van der Waals surface area contributed by atoms with E-state index in [0.717, 1.165) is 0 Å². The van der Waals surface area contributed by atoms with Crippen molar-refractivity contribution in [2.75, 3.05) is 0 Å². The van der Waals surface area contributed by atoms with Crippen LogP contribution in [0.2, 0.25) is 0 Å². The van der Waals surface area contributed by atoms with Crippen molar-refractivity contribution in [2.24, 2.45) is 0 Å². The topological polar surface area (TPSA) is 149 Å². The highest BCUT2D eigenvalue weighted by Crippen LogP contribution is 1.83. The lowest BCUT2D eigenvalue weighted by Gasteiger charge is -1.80. The van der Waals surface area contributed by atoms with Crippen molar-refractivity contribution in [3.05, 3.63) is 0 Å². The summed E-state index contributed by atoms with van der Waals surface area (Å²) in [6, 6.07) is 0. The van der Waals surface area contributed by atoms with Crippen LogP contribution >= 0.6 is 0 Å². The summed E-state index contributed by atoms with van der Waals surface area (Å²) in [6.07, 6.45) is 0. The Kier molecular flexibility index (Phi) is 7.09. The smallest absolute Gasteiger partial charge is 0.292 e. The minimum Gasteiger partial charge on any atom is -0.292 e. The average Bonchev–Trinajstić information content (AvgIpc) is 1.59. The second kappa shape index (κ2) is 5.70. The van der Waals surface area contributed by atoms with Gasteiger partial charge in [0.15, 0.2) is 0 Å². The van der Waals surface area contributed by atoms with Gasteiger partial charge in [-0.1, -0.05) is 0 Å². The second-order valence-corrected chi connectivity index (χ2v) is 4.75. The van der Waals surface area contributed by atoms with Gasteiger partial charge in [0.05, 0.1) is 0 Å². The molecule has 0 aromatic carbocycles. The monoisotopic (exact) mass is 228 g/mol. The summed E-state index contributed by atoms with van der Waals surface area (Å²) >= 11 is -2.61. The van der Waals surface area contributed by atoms with Crippen LogP contribution in [0.3, 0.4) is 0 Å². The Morgan fingerprint density at radius 1 is 1.00 bits per heavy atom. The summed E-state index contributed by atoms with van der Waals surface area (Å²) in [5, 5.41) is 0. The van der Waals surface area contributed by atoms with Crippen LogP contribution in [0.1, 0.15) is 0 Å². The van der Waals surface area contributed by atoms with E-state index < -0.39 is 30.6 Å². The Morgan fingerprint density at radius 2 is 1.09 bits per heavy atom. The Hall–Kier alpha value is 0.0900. The molecule has 0 aliphatic carbocycles. The maximum Gasteiger partial charge on any atom is 0.373 e. The maximum absolute atomic E-state index is 9.34. The van der Waals surface area contributed by atoms with Crippen LogP contribution in [0.4, 0.5) is 0 Å². The van der Waals surface area contributed by atoms with E-state index in [1.807, 2.05) is 0 Å². The SMILES string of the molecule is O=S(O)O.O=S(O)S(=O)(=O)O. The standard InChI is InChI=1S/H2O5S2.H2O3S/c1-6(2)7(3,4)5;1-4(2)3/h(H,1,2)(H,3,4,5);(H2,1,2,3). The number of hydrogen-bond acceptors (Lipinski definition) is 4. The van der Waals surface area contributed by atoms with Crippen LogP contribution in [0.5, 0.6) is 0 Å². The summed E-state index contributed by atoms with van der Waals surface area (Å²) in [5.74, 6) is 0. The molecule has 0 spiro atoms. The molecule has 70 valence electrons. The molecule has 0 bridgehead atoms. The molecule has 11 heteroatoms. The Balaban J connectivity index is 0. The molecule has 8 nitrogen and oxygen atoms in total. The third-order valence-corrected chi connectivity index (χ3v) is 1.62. The van der Waals surface area contributed by atoms with E-state index in [0.29, 0.717) is 0 Å². The third-order valence-electron chi connectivity index (χ3n) is 0.180. The second-order valence-electron chi connectivity index (χ2n) is 0.876. The lowest BCUT2D eigenvalue weighted by atomic mass is 15.8. The molecule has 0 aliphatic rings. The van der Waals surface area contributed by atoms with E-state index in [4.69, 9.17) is 22.4 Å². The average molecular weight is 228 g/mol. The molecule has 0 heterocycles. The predicted molar refractivity (Wildman–Crippen MR) is 35.7 cm³/mol. The van der Waals surface area contributed by atoms with Gasteiger partial charge in [-0.2, -0.15) is 12.6 Å². The molecule has 0 aliphatic heterocycles. The summed E-state index contributed by atoms with van der Waals surface area (Å²) in [4.78, 5) is 0. The Morgan fingerprint density at radius 3 is 1.09 bits per heavy atom. The van der Waals surface area contributed by atoms with Crippen molar-refractivity contribution in [2.45, 2.75) is 0 Å². The van der Waals surface area contributed by atoms with Crippen molar-refractivity contribution in [3.63, 3.8) is 0 Å². The van der Waals surface area contributed by atoms with Gasteiger partial charge in [-0.15, -0.1) is 0 Å². The zero-order valence-corrected chi connectivity index (χ0v) is 7.10. The molecular weight excluding hydrogens is 224 g/mol. The fourth-order valence-corrected chi connectivity index (χ4v) is 0. The maximum atomic E-state index is 9.34. The van der Waals surface area contributed by atoms with Gasteiger partial charge < -0.3 is 0 Å². The van der Waals surface area contributed by atoms with Crippen molar-refractivity contribution >= 4 is 30.6 Å². The van der Waals surface area contributed by atoms with Gasteiger partial charge in [0.2, 0.25) is 0 Å². The molecule has 0 aromatic heterocycles. The highest BCUT2D eigenvalue weighted by atomic mass is 33.2. The van der Waals surface area contributed by atoms with Gasteiger partial charge >= 0.3 is 19.3 Å². The highest BCUT2D eigenvalue weighted by molar-refractivity contribution is 8.59. The van der Waals surface area contributed by atoms with Crippen molar-refractivity contribution in [1.82, 2.24) is 0 Å². The first-order valence-corrected chi connectivity index (χ1v) is 5.69. The van der Waals surface area contributed by atoms with E-state index in [9.17, 15) is 12.6 Å². The van der Waals surface area contributed by atoms with E-state index in [1.165, 1.54) is 0 Å². The molecule has 0 saturated heterocycles. The van der Waals surface area contributed by atoms with Crippen molar-refractivity contribution in [1.29, 1.82) is 0 Å². The van der Waals surface area contributed by atoms with Gasteiger partial charge in [0, 0.05) is 0 Å². The first-order valence-electron chi connectivity index (χ1n) is 1.56. The minimum atomic E-state index is -4.71. The molecule has 0 aromatic rings. The molecule has 1 unspecified atom stereocenters. The highest BCUT2D eigenvalue weighted by Gasteiger charge is 2.10. The van der Waals surface area contributed by atoms with Gasteiger partial charge in [0.1, 0.15) is 0 Å². The summed E-state index contributed by atoms with van der Waals surface area (Å²) in [6.45, 7) is 0. The summed E-state index contributed by atoms with van der Waals surface area (Å²) in [5.41, 5.74) is 0. The normalized spacial score (nSPS) is 13.5. The van der Waals surface area contributed by atoms with Crippen molar-refractivity contribution < 1.29 is 35.0 Å². The molecule has 11 heavy (non-hydrogen) atoms. The van der Waals surface area contributed by atoms with Gasteiger partial charge in [-0.05, 0) is 0 Å². The van der Waals surface area contributed by atoms with Crippen LogP contribution in [0, 0.1) is 0 Å². The van der Waals surface area contributed by atoms with Crippen LogP contribution in [0.15, 0.2) is 0 Å². The van der Waals surface area contributed by atoms with E-state index in [2.05, 4.69) is 0 Å². The zero-order valence-electron chi connectivity index (χ0n) is 4.65. The van der Waals surface area contributed by atoms with Crippen LogP contribution in [-0.2, 0) is 30.6 Å². The zero-order chi connectivity index (χ0) is 9.65. The van der Waals surface area contributed by atoms with Crippen LogP contribution < -0.4 is 0 Å². The fourth-order valence-electron chi connectivity index (χ4n) is 0. The quantitative estimate of drug-likeness (QED) is 0.245. The molecule has 4 N–H and O–H groups in total. The Bertz CT molecular complexity index is 228. The summed E-state index contributed by atoms with van der Waals surface area (Å²) in [7, 11) is -7.87. The first kappa shape index (κ1) is 13.7. The van der Waals surface area contributed by atoms with Crippen LogP contribution in [-0.4, -0.2) is 35.0 Å². The number of rotatable bonds is 1. The molecule has 0 fully saturated rings. The lowest BCUT2D eigenvalue weighted by molar-refractivity contribution is 0.454. The van der Waals surface area contributed by atoms with Crippen molar-refractivity contribution in [3.8, 4) is 0 Å². The predicted octanol–water partition coefficient (Wildman–Crippen LogP) is -1.31. The molecule has 1 atom stereocenters. The van der Waals surface area contributed by atoms with Crippen LogP contribution in [0.25, 0.3) is 0 Å². The first-order chi connectivity index (χ1) is 4.68. The number of hydrogen-bond donors (Lipinski definition) is 4. The Labute approximate surface area is 66.2 Å². The van der Waals surface area contributed by atoms with Gasteiger partial charge in [0.25, 0.3) is 11.4 Å². The molecule has 0 radical (unpaired) electrons. The van der Waals surface area contributed by atoms with Gasteiger partial charge in [-0.3, -0.25) is 18.2 Å². The molecule has 0 amide bonds. The molecule has 0 saturated carbocycles. The fraction of sp³-hybridized carbons (Fsp3) is 0. The third kappa shape index (κ3) is 17.8. The minimum absolute atomic E-state index is 2.61. The molecular formula is H4O8S3. The van der Waals surface area contributed by atoms with Gasteiger partial charge in [-0.25, -0.2) is 4.21 Å². The molecule has 0 rings (SSSR count). The largest absolute Gasteiger partial charge is 0.373 e. The van der Waals surface area contributed by atoms with E-state index >= 15 is 0 Å². The van der Waals surface area contributed by atoms with E-state index in [-0.39, 0.29) is 0 Å². The summed E-state index contributed by atoms with van der Waals surface area (Å²) < 4.78 is 65.8.